The molecule has 0 aliphatic carbocycles. The van der Waals surface area contributed by atoms with Crippen LogP contribution in [-0.4, -0.2) is 15.1 Å². The van der Waals surface area contributed by atoms with Crippen LogP contribution in [-0.2, 0) is 12.8 Å². The summed E-state index contributed by atoms with van der Waals surface area (Å²) < 4.78 is 0. The Kier molecular flexibility index (Phi) is 3.15. The van der Waals surface area contributed by atoms with Crippen molar-refractivity contribution in [3.63, 3.8) is 0 Å². The first kappa shape index (κ1) is 11.0. The molecule has 0 saturated carbocycles. The molecule has 84 valence electrons. The molecule has 2 aromatic rings. The summed E-state index contributed by atoms with van der Waals surface area (Å²) in [7, 11) is 0. The van der Waals surface area contributed by atoms with Gasteiger partial charge in [0.15, 0.2) is 0 Å². The van der Waals surface area contributed by atoms with E-state index in [4.69, 9.17) is 11.6 Å². The van der Waals surface area contributed by atoms with Gasteiger partial charge < -0.3 is 10.1 Å². The average molecular weight is 237 g/mol. The van der Waals surface area contributed by atoms with Gasteiger partial charge in [0.05, 0.1) is 5.69 Å². The van der Waals surface area contributed by atoms with Crippen molar-refractivity contribution in [2.24, 2.45) is 0 Å². The molecule has 2 N–H and O–H groups in total. The van der Waals surface area contributed by atoms with Gasteiger partial charge in [0.2, 0.25) is 5.88 Å². The Morgan fingerprint density at radius 2 is 2.12 bits per heavy atom. The van der Waals surface area contributed by atoms with Gasteiger partial charge in [0.1, 0.15) is 5.82 Å². The lowest BCUT2D eigenvalue weighted by molar-refractivity contribution is 0.449. The number of aryl methyl sites for hydroxylation is 1. The second kappa shape index (κ2) is 4.58. The van der Waals surface area contributed by atoms with E-state index in [1.807, 2.05) is 31.2 Å². The molecule has 0 aliphatic rings. The number of imidazole rings is 1. The minimum atomic E-state index is 0.0665. The van der Waals surface area contributed by atoms with Crippen LogP contribution in [0.2, 0.25) is 5.02 Å². The highest BCUT2D eigenvalue weighted by atomic mass is 35.5. The number of aromatic amines is 1. The molecule has 0 radical (unpaired) electrons. The van der Waals surface area contributed by atoms with Crippen LogP contribution in [0.3, 0.4) is 0 Å². The average Bonchev–Trinajstić information content (AvgIpc) is 2.63. The van der Waals surface area contributed by atoms with Gasteiger partial charge in [-0.2, -0.15) is 4.98 Å². The first-order valence-electron chi connectivity index (χ1n) is 5.20. The normalized spacial score (nSPS) is 10.6. The summed E-state index contributed by atoms with van der Waals surface area (Å²) in [5.74, 6) is 0.858. The number of hydrogen-bond acceptors (Lipinski definition) is 2. The lowest BCUT2D eigenvalue weighted by Crippen LogP contribution is -1.90. The molecule has 0 atom stereocenters. The number of nitrogens with one attached hydrogen (secondary N) is 1. The van der Waals surface area contributed by atoms with Crippen LogP contribution in [0.5, 0.6) is 5.88 Å². The van der Waals surface area contributed by atoms with Crippen LogP contribution in [0.1, 0.15) is 24.0 Å². The number of H-pyrrole nitrogens is 1. The number of hydrogen-bond donors (Lipinski definition) is 2. The molecule has 0 saturated heterocycles. The van der Waals surface area contributed by atoms with Crippen LogP contribution >= 0.6 is 11.6 Å². The van der Waals surface area contributed by atoms with Crippen LogP contribution in [0.4, 0.5) is 0 Å². The van der Waals surface area contributed by atoms with Crippen LogP contribution in [0.15, 0.2) is 24.3 Å². The molecule has 2 rings (SSSR count). The highest BCUT2D eigenvalue weighted by Crippen LogP contribution is 2.22. The second-order valence-electron chi connectivity index (χ2n) is 3.61. The number of benzene rings is 1. The van der Waals surface area contributed by atoms with Gasteiger partial charge >= 0.3 is 0 Å². The predicted molar refractivity (Wildman–Crippen MR) is 63.9 cm³/mol. The molecule has 3 nitrogen and oxygen atoms in total. The van der Waals surface area contributed by atoms with Gasteiger partial charge in [-0.1, -0.05) is 36.7 Å². The third-order valence-corrected chi connectivity index (χ3v) is 2.83. The number of nitrogens with zero attached hydrogens (tertiary/aromatic N) is 1. The molecular formula is C12H13ClN2O. The molecule has 1 heterocycles. The van der Waals surface area contributed by atoms with Crippen molar-refractivity contribution >= 4 is 11.6 Å². The van der Waals surface area contributed by atoms with Crippen LogP contribution < -0.4 is 0 Å². The van der Waals surface area contributed by atoms with Gasteiger partial charge in [-0.05, 0) is 11.6 Å². The minimum absolute atomic E-state index is 0.0665. The minimum Gasteiger partial charge on any atom is -0.492 e. The first-order valence-corrected chi connectivity index (χ1v) is 5.58. The standard InChI is InChI=1S/C12H13ClN2O/c1-2-11-14-10(12(16)15-11)7-8-5-3-4-6-9(8)13/h3-6,16H,2,7H2,1H3,(H,14,15). The fourth-order valence-electron chi connectivity index (χ4n) is 1.58. The van der Waals surface area contributed by atoms with E-state index in [1.54, 1.807) is 0 Å². The third-order valence-electron chi connectivity index (χ3n) is 2.47. The quantitative estimate of drug-likeness (QED) is 0.861. The Morgan fingerprint density at radius 1 is 1.38 bits per heavy atom. The molecule has 0 amide bonds. The zero-order chi connectivity index (χ0) is 11.5. The van der Waals surface area contributed by atoms with Gasteiger partial charge in [-0.15, -0.1) is 0 Å². The van der Waals surface area contributed by atoms with Crippen LogP contribution in [0, 0.1) is 0 Å². The molecule has 0 aliphatic heterocycles. The Morgan fingerprint density at radius 3 is 2.75 bits per heavy atom. The van der Waals surface area contributed by atoms with Gasteiger partial charge in [0, 0.05) is 17.9 Å². The summed E-state index contributed by atoms with van der Waals surface area (Å²) in [6.07, 6.45) is 1.34. The Bertz CT molecular complexity index is 494. The SMILES string of the molecule is CCc1nc(O)c(Cc2ccccc2Cl)[nH]1. The van der Waals surface area contributed by atoms with Crippen molar-refractivity contribution in [3.05, 3.63) is 46.4 Å². The van der Waals surface area contributed by atoms with Crippen molar-refractivity contribution in [2.75, 3.05) is 0 Å². The van der Waals surface area contributed by atoms with Gasteiger partial charge in [-0.3, -0.25) is 0 Å². The molecule has 16 heavy (non-hydrogen) atoms. The Hall–Kier alpha value is -1.48. The van der Waals surface area contributed by atoms with Crippen molar-refractivity contribution in [1.82, 2.24) is 9.97 Å². The molecule has 1 aromatic carbocycles. The van der Waals surface area contributed by atoms with E-state index in [9.17, 15) is 5.11 Å². The maximum atomic E-state index is 9.63. The molecular weight excluding hydrogens is 224 g/mol. The molecule has 0 spiro atoms. The largest absolute Gasteiger partial charge is 0.492 e. The molecule has 0 unspecified atom stereocenters. The van der Waals surface area contributed by atoms with E-state index >= 15 is 0 Å². The zero-order valence-electron chi connectivity index (χ0n) is 9.00. The van der Waals surface area contributed by atoms with E-state index in [1.165, 1.54) is 0 Å². The first-order chi connectivity index (χ1) is 7.70. The monoisotopic (exact) mass is 236 g/mol. The van der Waals surface area contributed by atoms with Gasteiger partial charge in [0.25, 0.3) is 0 Å². The second-order valence-corrected chi connectivity index (χ2v) is 4.01. The van der Waals surface area contributed by atoms with E-state index in [0.29, 0.717) is 17.1 Å². The van der Waals surface area contributed by atoms with Crippen molar-refractivity contribution in [2.45, 2.75) is 19.8 Å². The smallest absolute Gasteiger partial charge is 0.232 e. The lowest BCUT2D eigenvalue weighted by Gasteiger charge is -2.01. The van der Waals surface area contributed by atoms with E-state index in [0.717, 1.165) is 17.8 Å². The van der Waals surface area contributed by atoms with Crippen LogP contribution in [0.25, 0.3) is 0 Å². The summed E-state index contributed by atoms with van der Waals surface area (Å²) in [5, 5.41) is 10.3. The Labute approximate surface area is 99.1 Å². The Balaban J connectivity index is 2.27. The van der Waals surface area contributed by atoms with Gasteiger partial charge in [-0.25, -0.2) is 0 Å². The number of aromatic hydroxyl groups is 1. The zero-order valence-corrected chi connectivity index (χ0v) is 9.75. The topological polar surface area (TPSA) is 48.9 Å². The predicted octanol–water partition coefficient (Wildman–Crippen LogP) is 2.92. The summed E-state index contributed by atoms with van der Waals surface area (Å²) in [6.45, 7) is 1.98. The third kappa shape index (κ3) is 2.19. The highest BCUT2D eigenvalue weighted by Gasteiger charge is 2.10. The fraction of sp³-hybridized carbons (Fsp3) is 0.250. The fourth-order valence-corrected chi connectivity index (χ4v) is 1.78. The number of halogens is 1. The maximum Gasteiger partial charge on any atom is 0.232 e. The number of aromatic nitrogens is 2. The molecule has 4 heteroatoms. The summed E-state index contributed by atoms with van der Waals surface area (Å²) in [6, 6.07) is 7.59. The molecule has 0 fully saturated rings. The van der Waals surface area contributed by atoms with E-state index in [2.05, 4.69) is 9.97 Å². The summed E-state index contributed by atoms with van der Waals surface area (Å²) >= 11 is 6.05. The summed E-state index contributed by atoms with van der Waals surface area (Å²) in [5.41, 5.74) is 1.69. The molecule has 1 aromatic heterocycles. The lowest BCUT2D eigenvalue weighted by atomic mass is 10.1. The highest BCUT2D eigenvalue weighted by molar-refractivity contribution is 6.31. The van der Waals surface area contributed by atoms with E-state index < -0.39 is 0 Å². The van der Waals surface area contributed by atoms with Crippen molar-refractivity contribution in [3.8, 4) is 5.88 Å². The summed E-state index contributed by atoms with van der Waals surface area (Å²) in [4.78, 5) is 7.10. The van der Waals surface area contributed by atoms with Crippen molar-refractivity contribution in [1.29, 1.82) is 0 Å². The number of rotatable bonds is 3. The van der Waals surface area contributed by atoms with Crippen molar-refractivity contribution < 1.29 is 5.11 Å². The van der Waals surface area contributed by atoms with E-state index in [-0.39, 0.29) is 5.88 Å². The maximum absolute atomic E-state index is 9.63. The molecule has 0 bridgehead atoms.